The molecule has 1 aromatic heterocycles. The Morgan fingerprint density at radius 3 is 2.70 bits per heavy atom. The Morgan fingerprint density at radius 2 is 2.00 bits per heavy atom. The van der Waals surface area contributed by atoms with Crippen molar-refractivity contribution in [1.29, 1.82) is 0 Å². The summed E-state index contributed by atoms with van der Waals surface area (Å²) in [6, 6.07) is 7.80. The lowest BCUT2D eigenvalue weighted by Crippen LogP contribution is -2.63. The highest BCUT2D eigenvalue weighted by atomic mass is 16.5. The molecule has 2 aliphatic rings. The van der Waals surface area contributed by atoms with E-state index in [0.717, 1.165) is 68.2 Å². The molecule has 4 rings (SSSR count). The Kier molecular flexibility index (Phi) is 4.78. The molecule has 1 spiro atoms. The van der Waals surface area contributed by atoms with Crippen LogP contribution in [-0.2, 0) is 4.74 Å². The number of ether oxygens (including phenoxy) is 1. The second kappa shape index (κ2) is 7.09. The zero-order valence-electron chi connectivity index (χ0n) is 16.4. The Hall–Kier alpha value is -2.18. The van der Waals surface area contributed by atoms with Crippen LogP contribution in [0.5, 0.6) is 5.75 Å². The highest BCUT2D eigenvalue weighted by molar-refractivity contribution is 5.71. The van der Waals surface area contributed by atoms with Crippen molar-refractivity contribution in [2.75, 3.05) is 44.8 Å². The van der Waals surface area contributed by atoms with E-state index < -0.39 is 0 Å². The molecule has 0 amide bonds. The maximum Gasteiger partial charge on any atom is 0.151 e. The molecule has 1 aromatic carbocycles. The van der Waals surface area contributed by atoms with Gasteiger partial charge in [-0.1, -0.05) is 6.07 Å². The van der Waals surface area contributed by atoms with Crippen molar-refractivity contribution in [1.82, 2.24) is 15.1 Å². The largest absolute Gasteiger partial charge is 0.507 e. The number of hydrogen-bond donors (Lipinski definition) is 1. The molecule has 6 nitrogen and oxygen atoms in total. The zero-order chi connectivity index (χ0) is 19.0. The Morgan fingerprint density at radius 1 is 1.15 bits per heavy atom. The maximum absolute atomic E-state index is 10.3. The van der Waals surface area contributed by atoms with Crippen LogP contribution < -0.4 is 4.90 Å². The summed E-state index contributed by atoms with van der Waals surface area (Å²) in [7, 11) is 2.20. The Bertz CT molecular complexity index is 796. The van der Waals surface area contributed by atoms with E-state index in [0.29, 0.717) is 5.69 Å². The van der Waals surface area contributed by atoms with Crippen LogP contribution in [0.1, 0.15) is 24.0 Å². The van der Waals surface area contributed by atoms with Crippen LogP contribution in [0.25, 0.3) is 11.3 Å². The first-order chi connectivity index (χ1) is 13.0. The summed E-state index contributed by atoms with van der Waals surface area (Å²) in [6.07, 6.45) is 2.27. The minimum absolute atomic E-state index is 0.0721. The molecule has 3 heterocycles. The van der Waals surface area contributed by atoms with Crippen LogP contribution in [0.15, 0.2) is 24.3 Å². The predicted molar refractivity (Wildman–Crippen MR) is 106 cm³/mol. The molecule has 2 aliphatic heterocycles. The molecule has 27 heavy (non-hydrogen) atoms. The number of aromatic hydroxyl groups is 1. The fourth-order valence-corrected chi connectivity index (χ4v) is 4.45. The molecular formula is C21H28N4O2. The molecule has 144 valence electrons. The van der Waals surface area contributed by atoms with Gasteiger partial charge in [0.2, 0.25) is 0 Å². The summed E-state index contributed by atoms with van der Waals surface area (Å²) in [6.45, 7) is 8.43. The van der Waals surface area contributed by atoms with E-state index in [9.17, 15) is 5.11 Å². The monoisotopic (exact) mass is 368 g/mol. The molecule has 2 saturated heterocycles. The summed E-state index contributed by atoms with van der Waals surface area (Å²) in [5.74, 6) is 1.15. The van der Waals surface area contributed by atoms with Crippen molar-refractivity contribution in [2.45, 2.75) is 32.2 Å². The third kappa shape index (κ3) is 3.39. The average molecular weight is 368 g/mol. The second-order valence-corrected chi connectivity index (χ2v) is 7.98. The number of morpholine rings is 1. The number of benzene rings is 1. The number of phenolic OH excluding ortho intramolecular Hbond substituents is 1. The normalized spacial score (nSPS) is 23.7. The van der Waals surface area contributed by atoms with Gasteiger partial charge in [-0.15, -0.1) is 10.2 Å². The lowest BCUT2D eigenvalue weighted by atomic mass is 9.87. The first-order valence-electron chi connectivity index (χ1n) is 9.67. The number of phenols is 1. The molecule has 6 heteroatoms. The van der Waals surface area contributed by atoms with E-state index in [-0.39, 0.29) is 11.3 Å². The van der Waals surface area contributed by atoms with E-state index in [1.54, 1.807) is 6.07 Å². The topological polar surface area (TPSA) is 61.7 Å². The van der Waals surface area contributed by atoms with E-state index in [2.05, 4.69) is 33.1 Å². The van der Waals surface area contributed by atoms with E-state index in [1.165, 1.54) is 0 Å². The number of hydrogen-bond acceptors (Lipinski definition) is 6. The summed E-state index contributed by atoms with van der Waals surface area (Å²) in [4.78, 5) is 4.76. The first-order valence-corrected chi connectivity index (χ1v) is 9.67. The molecule has 0 bridgehead atoms. The van der Waals surface area contributed by atoms with Gasteiger partial charge in [0.1, 0.15) is 5.75 Å². The standard InChI is InChI=1S/C21H28N4O2/c1-15-11-16(2)20(18(26)12-15)17-5-6-19(23-22-17)25-8-4-7-21(13-25)14-27-10-9-24(21)3/h5-6,11-12,26H,4,7-10,13-14H2,1-3H3. The third-order valence-electron chi connectivity index (χ3n) is 6.00. The molecule has 1 unspecified atom stereocenters. The highest BCUT2D eigenvalue weighted by Crippen LogP contribution is 2.34. The van der Waals surface area contributed by atoms with Gasteiger partial charge in [-0.05, 0) is 63.1 Å². The van der Waals surface area contributed by atoms with Crippen LogP contribution in [0.4, 0.5) is 5.82 Å². The number of rotatable bonds is 2. The quantitative estimate of drug-likeness (QED) is 0.880. The van der Waals surface area contributed by atoms with E-state index >= 15 is 0 Å². The number of likely N-dealkylation sites (N-methyl/N-ethyl adjacent to an activating group) is 1. The van der Waals surface area contributed by atoms with Crippen molar-refractivity contribution < 1.29 is 9.84 Å². The molecule has 1 atom stereocenters. The van der Waals surface area contributed by atoms with Gasteiger partial charge >= 0.3 is 0 Å². The lowest BCUT2D eigenvalue weighted by Gasteiger charge is -2.50. The summed E-state index contributed by atoms with van der Waals surface area (Å²) in [5.41, 5.74) is 3.58. The molecule has 2 aromatic rings. The predicted octanol–water partition coefficient (Wildman–Crippen LogP) is 2.77. The zero-order valence-corrected chi connectivity index (χ0v) is 16.4. The lowest BCUT2D eigenvalue weighted by molar-refractivity contribution is -0.0615. The number of anilines is 1. The summed E-state index contributed by atoms with van der Waals surface area (Å²) in [5, 5.41) is 19.3. The van der Waals surface area contributed by atoms with Gasteiger partial charge < -0.3 is 14.7 Å². The summed E-state index contributed by atoms with van der Waals surface area (Å²) >= 11 is 0. The minimum atomic E-state index is 0.0721. The van der Waals surface area contributed by atoms with Gasteiger partial charge in [-0.3, -0.25) is 4.90 Å². The second-order valence-electron chi connectivity index (χ2n) is 7.98. The van der Waals surface area contributed by atoms with Crippen molar-refractivity contribution in [2.24, 2.45) is 0 Å². The van der Waals surface area contributed by atoms with Crippen LogP contribution >= 0.6 is 0 Å². The Labute approximate surface area is 160 Å². The number of aromatic nitrogens is 2. The smallest absolute Gasteiger partial charge is 0.151 e. The fourth-order valence-electron chi connectivity index (χ4n) is 4.45. The number of aryl methyl sites for hydroxylation is 2. The van der Waals surface area contributed by atoms with Gasteiger partial charge in [0.05, 0.1) is 24.4 Å². The Balaban J connectivity index is 1.58. The van der Waals surface area contributed by atoms with Gasteiger partial charge in [0, 0.05) is 25.2 Å². The van der Waals surface area contributed by atoms with Crippen LogP contribution in [0, 0.1) is 13.8 Å². The van der Waals surface area contributed by atoms with Crippen LogP contribution in [0.2, 0.25) is 0 Å². The number of piperidine rings is 1. The van der Waals surface area contributed by atoms with Gasteiger partial charge in [-0.2, -0.15) is 0 Å². The van der Waals surface area contributed by atoms with Crippen molar-refractivity contribution in [3.8, 4) is 17.0 Å². The first kappa shape index (κ1) is 18.2. The van der Waals surface area contributed by atoms with Gasteiger partial charge in [0.15, 0.2) is 5.82 Å². The summed E-state index contributed by atoms with van der Waals surface area (Å²) < 4.78 is 5.80. The molecule has 0 aliphatic carbocycles. The van der Waals surface area contributed by atoms with E-state index in [4.69, 9.17) is 4.74 Å². The SMILES string of the molecule is Cc1cc(C)c(-c2ccc(N3CCCC4(COCCN4C)C3)nn2)c(O)c1. The minimum Gasteiger partial charge on any atom is -0.507 e. The molecule has 2 fully saturated rings. The molecule has 0 radical (unpaired) electrons. The molecular weight excluding hydrogens is 340 g/mol. The van der Waals surface area contributed by atoms with Crippen LogP contribution in [-0.4, -0.2) is 65.6 Å². The fraction of sp³-hybridized carbons (Fsp3) is 0.524. The van der Waals surface area contributed by atoms with E-state index in [1.807, 2.05) is 26.0 Å². The molecule has 1 N–H and O–H groups in total. The van der Waals surface area contributed by atoms with Crippen LogP contribution in [0.3, 0.4) is 0 Å². The number of nitrogens with zero attached hydrogens (tertiary/aromatic N) is 4. The average Bonchev–Trinajstić information content (AvgIpc) is 2.64. The van der Waals surface area contributed by atoms with Crippen molar-refractivity contribution >= 4 is 5.82 Å². The van der Waals surface area contributed by atoms with Gasteiger partial charge in [-0.25, -0.2) is 0 Å². The van der Waals surface area contributed by atoms with Gasteiger partial charge in [0.25, 0.3) is 0 Å². The highest BCUT2D eigenvalue weighted by Gasteiger charge is 2.41. The van der Waals surface area contributed by atoms with Crippen molar-refractivity contribution in [3.63, 3.8) is 0 Å². The maximum atomic E-state index is 10.3. The molecule has 0 saturated carbocycles. The third-order valence-corrected chi connectivity index (χ3v) is 6.00. The van der Waals surface area contributed by atoms with Crippen molar-refractivity contribution in [3.05, 3.63) is 35.4 Å².